The van der Waals surface area contributed by atoms with Crippen molar-refractivity contribution < 1.29 is 52.4 Å². The van der Waals surface area contributed by atoms with Crippen molar-refractivity contribution in [1.82, 2.24) is 51.3 Å². The molecule has 5 rings (SSSR count). The summed E-state index contributed by atoms with van der Waals surface area (Å²) in [5.41, 5.74) is 40.5. The first kappa shape index (κ1) is 87.9. The van der Waals surface area contributed by atoms with Gasteiger partial charge < -0.3 is 66.4 Å². The number of hydrogen-bond donors (Lipinski definition) is 11. The van der Waals surface area contributed by atoms with Crippen LogP contribution in [0.1, 0.15) is 131 Å². The number of amides is 1. The van der Waals surface area contributed by atoms with Crippen molar-refractivity contribution in [2.75, 3.05) is 75.1 Å². The van der Waals surface area contributed by atoms with Crippen molar-refractivity contribution in [2.24, 2.45) is 65.1 Å². The Labute approximate surface area is 560 Å². The number of amidine groups is 4. The molecule has 28 nitrogen and oxygen atoms in total. The molecule has 5 aromatic rings. The molecule has 0 bridgehead atoms. The number of nitrogens with zero attached hydrogens (tertiary/aromatic N) is 11. The molecule has 5 atom stereocenters. The number of thiazole rings is 5. The summed E-state index contributed by atoms with van der Waals surface area (Å²) in [5, 5.41) is 24.4. The van der Waals surface area contributed by atoms with Crippen molar-refractivity contribution in [3.8, 4) is 0 Å². The van der Waals surface area contributed by atoms with E-state index in [-0.39, 0.29) is 82.7 Å². The van der Waals surface area contributed by atoms with E-state index in [9.17, 15) is 24.0 Å². The summed E-state index contributed by atoms with van der Waals surface area (Å²) < 4.78 is 0. The normalized spacial score (nSPS) is 12.7. The predicted molar refractivity (Wildman–Crippen MR) is 364 cm³/mol. The number of carbonyl (C=O) groups excluding carboxylic acids is 5. The molecule has 0 saturated carbocycles. The number of rotatable bonds is 34. The first-order valence-corrected chi connectivity index (χ1v) is 32.4. The third-order valence-electron chi connectivity index (χ3n) is 11.5. The third kappa shape index (κ3) is 42.7. The zero-order valence-electron chi connectivity index (χ0n) is 53.6. The number of nitrogens with two attached hydrogens (primary N) is 7. The molecule has 0 unspecified atom stereocenters. The molecular weight excluding hydrogens is 1250 g/mol. The van der Waals surface area contributed by atoms with Crippen LogP contribution in [0.25, 0.3) is 0 Å². The van der Waals surface area contributed by atoms with E-state index < -0.39 is 6.04 Å². The third-order valence-corrected chi connectivity index (χ3v) is 15.1. The van der Waals surface area contributed by atoms with Crippen LogP contribution >= 0.6 is 56.7 Å². The van der Waals surface area contributed by atoms with E-state index in [1.165, 1.54) is 68.9 Å². The largest absolute Gasteiger partial charge is 1.00 e. The number of carbonyl (C=O) groups is 5. The fourth-order valence-electron chi connectivity index (χ4n) is 6.91. The van der Waals surface area contributed by atoms with E-state index in [2.05, 4.69) is 76.7 Å². The van der Waals surface area contributed by atoms with Gasteiger partial charge in [-0.15, -0.1) is 56.9 Å². The maximum atomic E-state index is 12.0. The zero-order chi connectivity index (χ0) is 66.1. The molecule has 1 amide bonds. The zero-order valence-corrected chi connectivity index (χ0v) is 57.7. The van der Waals surface area contributed by atoms with E-state index in [1.807, 2.05) is 16.1 Å². The van der Waals surface area contributed by atoms with Crippen LogP contribution in [0.4, 0.5) is 4.70 Å². The van der Waals surface area contributed by atoms with Crippen LogP contribution in [-0.2, 0) is 9.63 Å². The molecule has 0 aromatic carbocycles. The summed E-state index contributed by atoms with van der Waals surface area (Å²) in [6.45, 7) is 10.1. The number of Topliss-reactive ketones (excluding diaryl/α,β-unsaturated/α-hetero) is 4. The molecule has 0 aliphatic carbocycles. The van der Waals surface area contributed by atoms with Crippen LogP contribution < -0.4 is 80.3 Å². The first-order chi connectivity index (χ1) is 42.1. The number of hydroxylamine groups is 2. The molecule has 18 N–H and O–H groups in total. The molecule has 0 saturated heterocycles. The van der Waals surface area contributed by atoms with E-state index in [0.717, 1.165) is 44.9 Å². The molecule has 0 aliphatic heterocycles. The molecule has 0 fully saturated rings. The second kappa shape index (κ2) is 55.6. The van der Waals surface area contributed by atoms with Crippen LogP contribution in [0.3, 0.4) is 0 Å². The van der Waals surface area contributed by atoms with E-state index in [1.54, 1.807) is 105 Å². The van der Waals surface area contributed by atoms with Crippen LogP contribution in [0.5, 0.6) is 0 Å². The van der Waals surface area contributed by atoms with E-state index in [4.69, 9.17) is 45.0 Å². The van der Waals surface area contributed by atoms with Crippen molar-refractivity contribution in [3.63, 3.8) is 0 Å². The van der Waals surface area contributed by atoms with Gasteiger partial charge in [-0.1, -0.05) is 0 Å². The molecule has 0 aliphatic rings. The first-order valence-electron chi connectivity index (χ1n) is 28.0. The topological polar surface area (TPSA) is 454 Å². The van der Waals surface area contributed by atoms with Crippen molar-refractivity contribution in [3.05, 3.63) is 83.4 Å². The molecule has 5 heterocycles. The van der Waals surface area contributed by atoms with Gasteiger partial charge in [0.15, 0.2) is 26.0 Å². The van der Waals surface area contributed by atoms with Crippen LogP contribution in [0.15, 0.2) is 82.8 Å². The minimum atomic E-state index is -0.487. The Kier molecular flexibility index (Phi) is 54.3. The van der Waals surface area contributed by atoms with Gasteiger partial charge in [-0.05, 0) is 126 Å². The van der Waals surface area contributed by atoms with Gasteiger partial charge in [-0.3, -0.25) is 69.8 Å². The Morgan fingerprint density at radius 3 is 1.03 bits per heavy atom. The minimum Gasteiger partial charge on any atom is -0.394 e. The van der Waals surface area contributed by atoms with Crippen molar-refractivity contribution in [2.45, 2.75) is 122 Å². The smallest absolute Gasteiger partial charge is 0.394 e. The summed E-state index contributed by atoms with van der Waals surface area (Å²) in [7, 11) is 10.1. The van der Waals surface area contributed by atoms with Gasteiger partial charge in [0.2, 0.25) is 23.1 Å². The van der Waals surface area contributed by atoms with Gasteiger partial charge in [0.25, 0.3) is 5.91 Å². The van der Waals surface area contributed by atoms with Gasteiger partial charge >= 0.3 is 18.9 Å². The Hall–Kier alpha value is -6.26. The molecule has 0 radical (unpaired) electrons. The second-order valence-electron chi connectivity index (χ2n) is 18.5. The number of guanidine groups is 1. The monoisotopic (exact) mass is 1340 g/mol. The number of ketones is 4. The van der Waals surface area contributed by atoms with E-state index in [0.29, 0.717) is 95.4 Å². The second-order valence-corrected chi connectivity index (χ2v) is 22.8. The number of likely N-dealkylation sites (N-methyl/N-ethyl adjacent to an activating group) is 5. The van der Waals surface area contributed by atoms with Crippen LogP contribution in [0, 0.1) is 5.51 Å². The van der Waals surface area contributed by atoms with Gasteiger partial charge in [0.1, 0.15) is 0 Å². The predicted octanol–water partition coefficient (Wildman–Crippen LogP) is 0.771. The van der Waals surface area contributed by atoms with Crippen LogP contribution in [0.2, 0.25) is 0 Å². The van der Waals surface area contributed by atoms with Crippen molar-refractivity contribution >= 4 is 115 Å². The minimum absolute atomic E-state index is 0. The average molecular weight is 1350 g/mol. The Morgan fingerprint density at radius 2 is 0.800 bits per heavy atom. The summed E-state index contributed by atoms with van der Waals surface area (Å²) >= 11 is 6.88. The quantitative estimate of drug-likeness (QED) is 0.00515. The Bertz CT molecular complexity index is 2550. The summed E-state index contributed by atoms with van der Waals surface area (Å²) in [5.74, 6) is 2.31. The molecule has 90 heavy (non-hydrogen) atoms. The maximum absolute atomic E-state index is 12.0. The van der Waals surface area contributed by atoms with Crippen molar-refractivity contribution in [1.29, 1.82) is 0 Å². The fraction of sp³-hybridized carbons (Fsp3) is 0.545. The summed E-state index contributed by atoms with van der Waals surface area (Å²) in [6, 6.07) is -1.32. The molecule has 498 valence electrons. The van der Waals surface area contributed by atoms with Gasteiger partial charge in [0.05, 0.1) is 60.7 Å². The average Bonchev–Trinajstić information content (AvgIpc) is 3.29. The molecule has 0 spiro atoms. The van der Waals surface area contributed by atoms with Crippen LogP contribution in [-0.4, -0.2) is 194 Å². The van der Waals surface area contributed by atoms with Gasteiger partial charge in [0, 0.05) is 86.1 Å². The molecular formula is C55H94FLiN22O6S5. The number of hydrogen-bond acceptors (Lipinski definition) is 26. The summed E-state index contributed by atoms with van der Waals surface area (Å²) in [4.78, 5) is 104. The SMILES string of the molecule is CC(N)=NCCC[C@H](N)C(=O)c1nccs1.CN[C@@H](CCCN=C(C)N)C(=O)N(C)OC.CN[C@@H](CCCN=C(C)N)C(=O)c1nccs1.CN[C@@H](CCCN=C(C)N)C(=O)c1nccs1.CN[C@@H](CCCN=C(N)N)C(=O)c1nccs1.F.[Li+].[c-]1nccs1. The number of halogens is 1. The maximum Gasteiger partial charge on any atom is 1.00 e. The number of aliphatic imine (C=N–C) groups is 5. The Morgan fingerprint density at radius 1 is 0.500 bits per heavy atom. The fourth-order valence-corrected chi connectivity index (χ4v) is 9.75. The number of nitrogens with one attached hydrogen (secondary N) is 4. The molecule has 5 aromatic heterocycles. The van der Waals surface area contributed by atoms with E-state index >= 15 is 0 Å². The standard InChI is InChI=1S/2C11H18N4OS.C10H17N5OS.C10H22N4O2.C10H16N4OS.C3H2NS.FH.Li/c2*1-8(12)14-5-3-4-9(13-2)10(16)11-15-6-7-17-11;1-13-7(3-2-4-15-10(11)12)8(16)9-14-5-6-17-9;1-8(11)13-7-5-6-9(12-2)10(15)14(3)16-4;1-7(11)13-4-2-3-8(12)9(15)10-14-5-6-16-10;1-2-5-3-4-1;;/h2*6-7,9,13H,3-5H2,1-2H3,(H2,12,14);5-7,13H,2-4H2,1H3,(H4,11,12,15);9,12H,5-7H2,1-4H3,(H2,11,13);5-6,8H,2-4,12H2,1H3,(H2,11,13);1-2H;1H;/q;;;;;-1;;+1/t2*9-;7-;9-;8-;;;/m00000.../s1. The summed E-state index contributed by atoms with van der Waals surface area (Å²) in [6.07, 6.45) is 15.7. The molecule has 35 heteroatoms. The van der Waals surface area contributed by atoms with Gasteiger partial charge in [-0.2, -0.15) is 0 Å². The van der Waals surface area contributed by atoms with Gasteiger partial charge in [-0.25, -0.2) is 25.0 Å². The number of aromatic nitrogens is 5. The Balaban J connectivity index is -0.00000102.